The lowest BCUT2D eigenvalue weighted by Crippen LogP contribution is -2.62. The Hall–Kier alpha value is -6.69. The maximum Gasteiger partial charge on any atom is 0.246 e. The minimum Gasteiger partial charge on any atom is -0.394 e. The molecule has 0 unspecified atom stereocenters. The molecule has 2 heterocycles. The first-order valence-electron chi connectivity index (χ1n) is 24.4. The molecular formula is C48H73N13O10. The highest BCUT2D eigenvalue weighted by atomic mass is 16.3. The van der Waals surface area contributed by atoms with Crippen molar-refractivity contribution in [2.45, 2.75) is 132 Å². The number of unbranched alkanes of at least 4 members (excludes halogenated alkanes) is 2. The molecule has 71 heavy (non-hydrogen) atoms. The lowest BCUT2D eigenvalue weighted by atomic mass is 10.0. The summed E-state index contributed by atoms with van der Waals surface area (Å²) in [5, 5.41) is 39.4. The van der Waals surface area contributed by atoms with E-state index in [9.17, 15) is 48.6 Å². The van der Waals surface area contributed by atoms with Crippen LogP contribution in [0.15, 0.2) is 65.7 Å². The number of aliphatic hydroxyl groups excluding tert-OH is 2. The van der Waals surface area contributed by atoms with Crippen LogP contribution in [0.25, 0.3) is 0 Å². The fourth-order valence-electron chi connectivity index (χ4n) is 8.36. The highest BCUT2D eigenvalue weighted by molar-refractivity contribution is 5.99. The minimum absolute atomic E-state index is 0.0243. The summed E-state index contributed by atoms with van der Waals surface area (Å²) in [6.07, 6.45) is 2.75. The molecule has 23 nitrogen and oxygen atoms in total. The van der Waals surface area contributed by atoms with Crippen LogP contribution in [0.4, 0.5) is 0 Å². The zero-order valence-electron chi connectivity index (χ0n) is 40.2. The number of nitrogens with one attached hydrogen (secondary N) is 7. The number of guanidine groups is 1. The van der Waals surface area contributed by atoms with Gasteiger partial charge in [0.05, 0.1) is 13.2 Å². The molecule has 2 aromatic rings. The summed E-state index contributed by atoms with van der Waals surface area (Å²) < 4.78 is 0. The SMILES string of the molecule is NCCCC[C@@H]1NC(=O)[C@H](CCCN=C(N)N)NC(=O)[C@H](CCCCN)NC(=O)[C@@H]2CCCN2C(=O)[C@@H](Cc2ccccc2)NC(=O)[C@H](CO)NC(=O)[C@H](CCc2ccccc2)NC(=O)[C@H](CO)NC1=O. The average Bonchev–Trinajstić information content (AvgIpc) is 3.86. The summed E-state index contributed by atoms with van der Waals surface area (Å²) in [6, 6.07) is 6.82. The first kappa shape index (κ1) is 56.9. The van der Waals surface area contributed by atoms with E-state index in [1.54, 1.807) is 60.7 Å². The van der Waals surface area contributed by atoms with Gasteiger partial charge in [-0.15, -0.1) is 0 Å². The minimum atomic E-state index is -1.65. The summed E-state index contributed by atoms with van der Waals surface area (Å²) in [5.74, 6) is -6.72. The van der Waals surface area contributed by atoms with Crippen molar-refractivity contribution in [2.75, 3.05) is 39.4 Å². The third kappa shape index (κ3) is 18.5. The predicted molar refractivity (Wildman–Crippen MR) is 263 cm³/mol. The van der Waals surface area contributed by atoms with Crippen molar-refractivity contribution in [3.8, 4) is 0 Å². The van der Waals surface area contributed by atoms with Crippen molar-refractivity contribution in [1.29, 1.82) is 0 Å². The number of aliphatic hydroxyl groups is 2. The van der Waals surface area contributed by atoms with Gasteiger partial charge in [-0.25, -0.2) is 0 Å². The van der Waals surface area contributed by atoms with E-state index in [1.165, 1.54) is 4.90 Å². The summed E-state index contributed by atoms with van der Waals surface area (Å²) >= 11 is 0. The van der Waals surface area contributed by atoms with E-state index in [0.717, 1.165) is 5.56 Å². The molecule has 0 radical (unpaired) electrons. The predicted octanol–water partition coefficient (Wildman–Crippen LogP) is -3.44. The normalized spacial score (nSPS) is 24.5. The largest absolute Gasteiger partial charge is 0.394 e. The van der Waals surface area contributed by atoms with Crippen molar-refractivity contribution >= 4 is 53.2 Å². The van der Waals surface area contributed by atoms with E-state index >= 15 is 0 Å². The molecule has 0 saturated carbocycles. The molecule has 4 rings (SSSR count). The van der Waals surface area contributed by atoms with Gasteiger partial charge in [0.15, 0.2) is 5.96 Å². The van der Waals surface area contributed by atoms with E-state index < -0.39 is 109 Å². The fourth-order valence-corrected chi connectivity index (χ4v) is 8.36. The summed E-state index contributed by atoms with van der Waals surface area (Å²) in [5.41, 5.74) is 24.0. The Morgan fingerprint density at radius 2 is 0.930 bits per heavy atom. The second kappa shape index (κ2) is 30.1. The molecule has 0 aromatic heterocycles. The van der Waals surface area contributed by atoms with E-state index in [2.05, 4.69) is 42.2 Å². The number of aliphatic imine (C=N–C) groups is 1. The van der Waals surface area contributed by atoms with Crippen LogP contribution in [0, 0.1) is 0 Å². The van der Waals surface area contributed by atoms with Gasteiger partial charge in [0, 0.05) is 19.5 Å². The van der Waals surface area contributed by atoms with Gasteiger partial charge in [-0.3, -0.25) is 43.3 Å². The van der Waals surface area contributed by atoms with Gasteiger partial charge in [-0.1, -0.05) is 60.7 Å². The number of carbonyl (C=O) groups is 8. The monoisotopic (exact) mass is 992 g/mol. The van der Waals surface area contributed by atoms with Crippen LogP contribution in [0.2, 0.25) is 0 Å². The first-order chi connectivity index (χ1) is 34.2. The highest BCUT2D eigenvalue weighted by Gasteiger charge is 2.40. The number of carbonyl (C=O) groups excluding carboxylic acids is 8. The molecule has 2 saturated heterocycles. The molecule has 2 aromatic carbocycles. The second-order valence-corrected chi connectivity index (χ2v) is 17.7. The molecule has 17 N–H and O–H groups in total. The van der Waals surface area contributed by atoms with Gasteiger partial charge in [0.1, 0.15) is 48.3 Å². The maximum atomic E-state index is 14.6. The molecule has 0 aliphatic carbocycles. The summed E-state index contributed by atoms with van der Waals surface area (Å²) in [7, 11) is 0. The lowest BCUT2D eigenvalue weighted by molar-refractivity contribution is -0.143. The number of amides is 8. The first-order valence-corrected chi connectivity index (χ1v) is 24.4. The number of nitrogens with zero attached hydrogens (tertiary/aromatic N) is 2. The molecular weight excluding hydrogens is 919 g/mol. The summed E-state index contributed by atoms with van der Waals surface area (Å²) in [6.45, 7) is -1.11. The van der Waals surface area contributed by atoms with Gasteiger partial charge >= 0.3 is 0 Å². The smallest absolute Gasteiger partial charge is 0.246 e. The van der Waals surface area contributed by atoms with Crippen molar-refractivity contribution < 1.29 is 48.6 Å². The molecule has 2 fully saturated rings. The fraction of sp³-hybridized carbons (Fsp3) is 0.562. The number of benzene rings is 2. The van der Waals surface area contributed by atoms with E-state index in [4.69, 9.17) is 22.9 Å². The molecule has 0 spiro atoms. The third-order valence-electron chi connectivity index (χ3n) is 12.3. The third-order valence-corrected chi connectivity index (χ3v) is 12.3. The van der Waals surface area contributed by atoms with E-state index in [0.29, 0.717) is 44.2 Å². The van der Waals surface area contributed by atoms with Crippen LogP contribution >= 0.6 is 0 Å². The van der Waals surface area contributed by atoms with Gasteiger partial charge in [-0.2, -0.15) is 0 Å². The Balaban J connectivity index is 1.79. The number of nitrogens with two attached hydrogens (primary N) is 4. The Labute approximate surface area is 413 Å². The molecule has 390 valence electrons. The number of rotatable bonds is 19. The van der Waals surface area contributed by atoms with Gasteiger partial charge in [0.25, 0.3) is 0 Å². The number of fused-ring (bicyclic) bond motifs is 1. The van der Waals surface area contributed by atoms with E-state index in [-0.39, 0.29) is 77.0 Å². The number of hydrogen-bond donors (Lipinski definition) is 13. The maximum absolute atomic E-state index is 14.6. The topological polar surface area (TPSA) is 381 Å². The standard InChI is InChI=1S/C48H73N13O10/c49-23-9-7-17-32-42(66)59-37(28-62)44(68)56-35(22-21-30-13-3-1-4-14-30)43(67)60-38(29-63)45(69)58-36(27-31-15-5-2-6-16-31)47(71)61-26-12-20-39(61)46(70)57-33(18-8-10-24-50)40(64)55-34(41(65)54-32)19-11-25-53-48(51)52/h1-6,13-16,32-39,62-63H,7-12,17-29,49-50H2,(H,54,65)(H,55,64)(H,56,68)(H,57,70)(H,58,69)(H,59,66)(H,60,67)(H4,51,52,53)/t32-,33-,34-,35-,36+,37-,38-,39-/m0/s1. The lowest BCUT2D eigenvalue weighted by Gasteiger charge is -2.31. The van der Waals surface area contributed by atoms with Crippen molar-refractivity contribution in [3.63, 3.8) is 0 Å². The van der Waals surface area contributed by atoms with Crippen molar-refractivity contribution in [1.82, 2.24) is 42.1 Å². The van der Waals surface area contributed by atoms with Crippen molar-refractivity contribution in [2.24, 2.45) is 27.9 Å². The molecule has 8 atom stereocenters. The van der Waals surface area contributed by atoms with Crippen LogP contribution in [-0.2, 0) is 51.2 Å². The zero-order chi connectivity index (χ0) is 51.7. The molecule has 2 aliphatic rings. The van der Waals surface area contributed by atoms with Crippen molar-refractivity contribution in [3.05, 3.63) is 71.8 Å². The number of hydrogen-bond acceptors (Lipinski definition) is 13. The van der Waals surface area contributed by atoms with Crippen LogP contribution < -0.4 is 60.2 Å². The van der Waals surface area contributed by atoms with Crippen LogP contribution in [0.3, 0.4) is 0 Å². The van der Waals surface area contributed by atoms with Crippen LogP contribution in [0.1, 0.15) is 81.8 Å². The number of aryl methyl sites for hydroxylation is 1. The summed E-state index contributed by atoms with van der Waals surface area (Å²) in [4.78, 5) is 119. The second-order valence-electron chi connectivity index (χ2n) is 17.7. The quantitative estimate of drug-likeness (QED) is 0.0370. The average molecular weight is 992 g/mol. The molecule has 23 heteroatoms. The van der Waals surface area contributed by atoms with Gasteiger partial charge < -0.3 is 75.3 Å². The Morgan fingerprint density at radius 1 is 0.521 bits per heavy atom. The molecule has 0 bridgehead atoms. The van der Waals surface area contributed by atoms with Gasteiger partial charge in [-0.05, 0) is 101 Å². The van der Waals surface area contributed by atoms with Crippen LogP contribution in [0.5, 0.6) is 0 Å². The Bertz CT molecular complexity index is 2100. The molecule has 2 aliphatic heterocycles. The van der Waals surface area contributed by atoms with Gasteiger partial charge in [0.2, 0.25) is 47.3 Å². The molecule has 8 amide bonds. The van der Waals surface area contributed by atoms with E-state index in [1.807, 2.05) is 0 Å². The Kier molecular flexibility index (Phi) is 24.2. The highest BCUT2D eigenvalue weighted by Crippen LogP contribution is 2.21. The zero-order valence-corrected chi connectivity index (χ0v) is 40.2. The van der Waals surface area contributed by atoms with Crippen LogP contribution in [-0.4, -0.2) is 156 Å². The Morgan fingerprint density at radius 3 is 1.39 bits per heavy atom.